The first-order valence-corrected chi connectivity index (χ1v) is 6.20. The van der Waals surface area contributed by atoms with E-state index in [1.54, 1.807) is 20.8 Å². The van der Waals surface area contributed by atoms with Gasteiger partial charge in [-0.2, -0.15) is 0 Å². The predicted octanol–water partition coefficient (Wildman–Crippen LogP) is 0.444. The molecule has 0 bridgehead atoms. The topological polar surface area (TPSA) is 77.8 Å². The SMILES string of the molecule is CCN(C(C)S(=O)O)C(C)S(=O)O. The molecule has 0 aliphatic carbocycles. The van der Waals surface area contributed by atoms with Crippen LogP contribution in [0.5, 0.6) is 0 Å². The highest BCUT2D eigenvalue weighted by molar-refractivity contribution is 7.80. The second-order valence-corrected chi connectivity index (χ2v) is 5.05. The highest BCUT2D eigenvalue weighted by Gasteiger charge is 2.25. The van der Waals surface area contributed by atoms with E-state index in [1.807, 2.05) is 0 Å². The molecule has 4 unspecified atom stereocenters. The molecular formula is C6H15NO4S2. The van der Waals surface area contributed by atoms with Crippen molar-refractivity contribution in [2.24, 2.45) is 0 Å². The fourth-order valence-corrected chi connectivity index (χ4v) is 2.25. The number of rotatable bonds is 5. The van der Waals surface area contributed by atoms with E-state index in [9.17, 15) is 8.42 Å². The van der Waals surface area contributed by atoms with Crippen LogP contribution in [-0.2, 0) is 22.2 Å². The van der Waals surface area contributed by atoms with Crippen LogP contribution in [0.15, 0.2) is 0 Å². The standard InChI is InChI=1S/C6H15NO4S2/c1-4-7(5(2)12(8)9)6(3)13(10)11/h5-6H,4H2,1-3H3,(H,8,9)(H,10,11). The summed E-state index contributed by atoms with van der Waals surface area (Å²) < 4.78 is 39.0. The van der Waals surface area contributed by atoms with Crippen molar-refractivity contribution in [3.63, 3.8) is 0 Å². The molecule has 0 fully saturated rings. The Balaban J connectivity index is 4.49. The van der Waals surface area contributed by atoms with Gasteiger partial charge in [-0.05, 0) is 20.4 Å². The van der Waals surface area contributed by atoms with Gasteiger partial charge in [0, 0.05) is 0 Å². The summed E-state index contributed by atoms with van der Waals surface area (Å²) in [5.74, 6) is 0. The maximum atomic E-state index is 10.7. The summed E-state index contributed by atoms with van der Waals surface area (Å²) in [6.07, 6.45) is 0. The summed E-state index contributed by atoms with van der Waals surface area (Å²) in [7, 11) is 0. The van der Waals surface area contributed by atoms with Crippen molar-refractivity contribution in [2.75, 3.05) is 6.54 Å². The highest BCUT2D eigenvalue weighted by atomic mass is 32.2. The molecule has 0 radical (unpaired) electrons. The van der Waals surface area contributed by atoms with Crippen LogP contribution in [0, 0.1) is 0 Å². The van der Waals surface area contributed by atoms with E-state index in [0.29, 0.717) is 6.54 Å². The van der Waals surface area contributed by atoms with Crippen molar-refractivity contribution >= 4 is 22.2 Å². The zero-order valence-corrected chi connectivity index (χ0v) is 9.47. The van der Waals surface area contributed by atoms with E-state index in [2.05, 4.69) is 0 Å². The average molecular weight is 229 g/mol. The molecule has 0 saturated carbocycles. The van der Waals surface area contributed by atoms with Crippen LogP contribution in [0.4, 0.5) is 0 Å². The van der Waals surface area contributed by atoms with Gasteiger partial charge in [-0.25, -0.2) is 8.42 Å². The third-order valence-corrected chi connectivity index (χ3v) is 3.59. The molecule has 7 heteroatoms. The third kappa shape index (κ3) is 3.82. The lowest BCUT2D eigenvalue weighted by atomic mass is 10.5. The van der Waals surface area contributed by atoms with Crippen molar-refractivity contribution in [1.29, 1.82) is 0 Å². The van der Waals surface area contributed by atoms with Gasteiger partial charge in [0.25, 0.3) is 0 Å². The molecule has 0 spiro atoms. The monoisotopic (exact) mass is 229 g/mol. The van der Waals surface area contributed by atoms with Crippen molar-refractivity contribution in [3.8, 4) is 0 Å². The molecular weight excluding hydrogens is 214 g/mol. The molecule has 4 atom stereocenters. The Kier molecular flexibility index (Phi) is 5.90. The fraction of sp³-hybridized carbons (Fsp3) is 1.00. The molecule has 13 heavy (non-hydrogen) atoms. The van der Waals surface area contributed by atoms with Gasteiger partial charge in [0.05, 0.1) is 0 Å². The molecule has 80 valence electrons. The number of hydrogen-bond acceptors (Lipinski definition) is 3. The fourth-order valence-electron chi connectivity index (χ4n) is 1.04. The molecule has 0 heterocycles. The zero-order valence-electron chi connectivity index (χ0n) is 7.84. The Morgan fingerprint density at radius 3 is 1.62 bits per heavy atom. The maximum absolute atomic E-state index is 10.7. The van der Waals surface area contributed by atoms with Crippen LogP contribution in [0.3, 0.4) is 0 Å². The van der Waals surface area contributed by atoms with Crippen LogP contribution in [0.25, 0.3) is 0 Å². The maximum Gasteiger partial charge on any atom is 0.170 e. The summed E-state index contributed by atoms with van der Waals surface area (Å²) in [6.45, 7) is 5.32. The molecule has 0 aromatic rings. The van der Waals surface area contributed by atoms with Crippen LogP contribution in [0.1, 0.15) is 20.8 Å². The summed E-state index contributed by atoms with van der Waals surface area (Å²) in [6, 6.07) is 0. The Morgan fingerprint density at radius 2 is 1.46 bits per heavy atom. The minimum absolute atomic E-state index is 0.459. The summed E-state index contributed by atoms with van der Waals surface area (Å²) in [4.78, 5) is 1.51. The van der Waals surface area contributed by atoms with Gasteiger partial charge in [-0.1, -0.05) is 6.92 Å². The van der Waals surface area contributed by atoms with E-state index in [4.69, 9.17) is 9.11 Å². The molecule has 2 N–H and O–H groups in total. The minimum Gasteiger partial charge on any atom is -0.305 e. The van der Waals surface area contributed by atoms with Crippen molar-refractivity contribution in [1.82, 2.24) is 4.90 Å². The van der Waals surface area contributed by atoms with Gasteiger partial charge in [0.2, 0.25) is 0 Å². The van der Waals surface area contributed by atoms with Crippen LogP contribution in [-0.4, -0.2) is 39.7 Å². The van der Waals surface area contributed by atoms with Crippen LogP contribution < -0.4 is 0 Å². The predicted molar refractivity (Wildman–Crippen MR) is 52.8 cm³/mol. The first-order chi connectivity index (χ1) is 5.91. The van der Waals surface area contributed by atoms with Crippen molar-refractivity contribution in [2.45, 2.75) is 31.5 Å². The Hall–Kier alpha value is 0.180. The van der Waals surface area contributed by atoms with E-state index >= 15 is 0 Å². The van der Waals surface area contributed by atoms with E-state index < -0.39 is 32.9 Å². The van der Waals surface area contributed by atoms with Crippen molar-refractivity contribution < 1.29 is 17.5 Å². The second kappa shape index (κ2) is 5.82. The molecule has 5 nitrogen and oxygen atoms in total. The largest absolute Gasteiger partial charge is 0.305 e. The molecule has 0 aromatic carbocycles. The number of nitrogens with zero attached hydrogens (tertiary/aromatic N) is 1. The number of hydrogen-bond donors (Lipinski definition) is 2. The molecule has 0 amide bonds. The van der Waals surface area contributed by atoms with Crippen LogP contribution in [0.2, 0.25) is 0 Å². The zero-order chi connectivity index (χ0) is 10.6. The van der Waals surface area contributed by atoms with Gasteiger partial charge in [0.1, 0.15) is 10.7 Å². The lowest BCUT2D eigenvalue weighted by Crippen LogP contribution is -2.44. The second-order valence-electron chi connectivity index (χ2n) is 2.58. The Labute approximate surface area is 83.1 Å². The first kappa shape index (κ1) is 13.2. The smallest absolute Gasteiger partial charge is 0.170 e. The minimum atomic E-state index is -2.00. The third-order valence-electron chi connectivity index (χ3n) is 1.88. The summed E-state index contributed by atoms with van der Waals surface area (Å²) in [5.41, 5.74) is 0. The lowest BCUT2D eigenvalue weighted by Gasteiger charge is -2.28. The Morgan fingerprint density at radius 1 is 1.15 bits per heavy atom. The molecule has 0 rings (SSSR count). The molecule has 0 aromatic heterocycles. The normalized spacial score (nSPS) is 21.1. The van der Waals surface area contributed by atoms with E-state index in [-0.39, 0.29) is 0 Å². The van der Waals surface area contributed by atoms with Gasteiger partial charge in [-0.3, -0.25) is 4.90 Å². The van der Waals surface area contributed by atoms with Gasteiger partial charge in [-0.15, -0.1) is 0 Å². The molecule has 0 saturated heterocycles. The average Bonchev–Trinajstić information content (AvgIpc) is 2.04. The van der Waals surface area contributed by atoms with E-state index in [0.717, 1.165) is 0 Å². The molecule has 0 aliphatic heterocycles. The summed E-state index contributed by atoms with van der Waals surface area (Å²) >= 11 is -3.99. The molecule has 0 aliphatic rings. The van der Waals surface area contributed by atoms with Gasteiger partial charge < -0.3 is 9.11 Å². The summed E-state index contributed by atoms with van der Waals surface area (Å²) in [5, 5.41) is -1.26. The van der Waals surface area contributed by atoms with E-state index in [1.165, 1.54) is 4.90 Å². The first-order valence-electron chi connectivity index (χ1n) is 3.86. The quantitative estimate of drug-likeness (QED) is 0.669. The highest BCUT2D eigenvalue weighted by Crippen LogP contribution is 2.09. The Bertz CT molecular complexity index is 191. The van der Waals surface area contributed by atoms with Gasteiger partial charge in [0.15, 0.2) is 22.2 Å². The van der Waals surface area contributed by atoms with Gasteiger partial charge >= 0.3 is 0 Å². The lowest BCUT2D eigenvalue weighted by molar-refractivity contribution is 0.251. The van der Waals surface area contributed by atoms with Crippen LogP contribution >= 0.6 is 0 Å². The van der Waals surface area contributed by atoms with Crippen molar-refractivity contribution in [3.05, 3.63) is 0 Å².